The zero-order valence-electron chi connectivity index (χ0n) is 11.3. The molecule has 1 aromatic heterocycles. The highest BCUT2D eigenvalue weighted by Gasteiger charge is 2.04. The number of imidazole rings is 1. The average Bonchev–Trinajstić information content (AvgIpc) is 2.98. The lowest BCUT2D eigenvalue weighted by Crippen LogP contribution is -2.30. The van der Waals surface area contributed by atoms with Crippen LogP contribution in [0.3, 0.4) is 0 Å². The molecule has 3 N–H and O–H groups in total. The highest BCUT2D eigenvalue weighted by Crippen LogP contribution is 2.18. The topological polar surface area (TPSA) is 79.0 Å². The van der Waals surface area contributed by atoms with E-state index in [2.05, 4.69) is 20.6 Å². The number of hydrogen-bond acceptors (Lipinski definition) is 4. The van der Waals surface area contributed by atoms with Gasteiger partial charge in [0, 0.05) is 37.3 Å². The number of amides is 1. The molecule has 2 rings (SSSR count). The van der Waals surface area contributed by atoms with Gasteiger partial charge in [-0.25, -0.2) is 4.98 Å². The molecular formula is C14H18N4O2. The molecule has 0 aliphatic rings. The number of carbonyl (C=O) groups is 1. The Morgan fingerprint density at radius 2 is 2.35 bits per heavy atom. The van der Waals surface area contributed by atoms with Crippen molar-refractivity contribution in [3.8, 4) is 11.4 Å². The number of ether oxygens (including phenoxy) is 1. The van der Waals surface area contributed by atoms with Gasteiger partial charge in [-0.2, -0.15) is 0 Å². The van der Waals surface area contributed by atoms with Gasteiger partial charge >= 0.3 is 0 Å². The third-order valence-corrected chi connectivity index (χ3v) is 2.69. The van der Waals surface area contributed by atoms with Gasteiger partial charge < -0.3 is 20.4 Å². The SMILES string of the molecule is COCCNCC(=O)Nc1cccc(-c2ncc[nH]2)c1. The minimum Gasteiger partial charge on any atom is -0.383 e. The standard InChI is InChI=1S/C14H18N4O2/c1-20-8-7-15-10-13(19)18-12-4-2-3-11(9-12)14-16-5-6-17-14/h2-6,9,15H,7-8,10H2,1H3,(H,16,17)(H,18,19). The molecule has 0 atom stereocenters. The predicted molar refractivity (Wildman–Crippen MR) is 77.4 cm³/mol. The van der Waals surface area contributed by atoms with Crippen molar-refractivity contribution in [1.29, 1.82) is 0 Å². The molecule has 1 amide bonds. The summed E-state index contributed by atoms with van der Waals surface area (Å²) < 4.78 is 4.89. The second-order valence-corrected chi connectivity index (χ2v) is 4.24. The Morgan fingerprint density at radius 1 is 1.45 bits per heavy atom. The monoisotopic (exact) mass is 274 g/mol. The lowest BCUT2D eigenvalue weighted by molar-refractivity contribution is -0.115. The van der Waals surface area contributed by atoms with Crippen LogP contribution in [0.2, 0.25) is 0 Å². The van der Waals surface area contributed by atoms with E-state index in [-0.39, 0.29) is 12.5 Å². The number of benzene rings is 1. The molecule has 0 fully saturated rings. The van der Waals surface area contributed by atoms with Gasteiger partial charge in [0.1, 0.15) is 5.82 Å². The number of nitrogens with one attached hydrogen (secondary N) is 3. The molecule has 6 heteroatoms. The van der Waals surface area contributed by atoms with Gasteiger partial charge in [0.15, 0.2) is 0 Å². The Labute approximate surface area is 117 Å². The molecule has 6 nitrogen and oxygen atoms in total. The number of rotatable bonds is 7. The zero-order chi connectivity index (χ0) is 14.2. The summed E-state index contributed by atoms with van der Waals surface area (Å²) in [7, 11) is 1.63. The van der Waals surface area contributed by atoms with Gasteiger partial charge in [-0.1, -0.05) is 12.1 Å². The molecule has 106 valence electrons. The van der Waals surface area contributed by atoms with E-state index in [0.29, 0.717) is 13.2 Å². The molecule has 0 saturated carbocycles. The first-order valence-electron chi connectivity index (χ1n) is 6.39. The summed E-state index contributed by atoms with van der Waals surface area (Å²) in [6.45, 7) is 1.49. The maximum atomic E-state index is 11.7. The van der Waals surface area contributed by atoms with E-state index in [9.17, 15) is 4.79 Å². The van der Waals surface area contributed by atoms with E-state index in [1.165, 1.54) is 0 Å². The molecule has 0 radical (unpaired) electrons. The lowest BCUT2D eigenvalue weighted by atomic mass is 10.2. The average molecular weight is 274 g/mol. The quantitative estimate of drug-likeness (QED) is 0.664. The third kappa shape index (κ3) is 4.18. The van der Waals surface area contributed by atoms with Crippen molar-refractivity contribution in [2.24, 2.45) is 0 Å². The number of carbonyl (C=O) groups excluding carboxylic acids is 1. The van der Waals surface area contributed by atoms with Crippen molar-refractivity contribution in [3.63, 3.8) is 0 Å². The fraction of sp³-hybridized carbons (Fsp3) is 0.286. The van der Waals surface area contributed by atoms with Gasteiger partial charge in [0.25, 0.3) is 0 Å². The smallest absolute Gasteiger partial charge is 0.238 e. The van der Waals surface area contributed by atoms with Crippen molar-refractivity contribution < 1.29 is 9.53 Å². The summed E-state index contributed by atoms with van der Waals surface area (Å²) in [4.78, 5) is 19.0. The minimum atomic E-state index is -0.0855. The van der Waals surface area contributed by atoms with E-state index < -0.39 is 0 Å². The van der Waals surface area contributed by atoms with E-state index in [0.717, 1.165) is 17.1 Å². The first-order chi connectivity index (χ1) is 9.79. The van der Waals surface area contributed by atoms with Crippen LogP contribution in [0.5, 0.6) is 0 Å². The van der Waals surface area contributed by atoms with Gasteiger partial charge in [0.05, 0.1) is 13.2 Å². The van der Waals surface area contributed by atoms with Crippen molar-refractivity contribution in [3.05, 3.63) is 36.7 Å². The van der Waals surface area contributed by atoms with Crippen LogP contribution in [-0.4, -0.2) is 42.7 Å². The maximum Gasteiger partial charge on any atom is 0.238 e. The number of methoxy groups -OCH3 is 1. The molecule has 2 aromatic rings. The molecule has 20 heavy (non-hydrogen) atoms. The fourth-order valence-corrected chi connectivity index (χ4v) is 1.75. The summed E-state index contributed by atoms with van der Waals surface area (Å²) in [5, 5.41) is 5.83. The Kier molecular flexibility index (Phi) is 5.28. The minimum absolute atomic E-state index is 0.0855. The molecule has 1 heterocycles. The molecule has 0 aliphatic carbocycles. The number of H-pyrrole nitrogens is 1. The molecular weight excluding hydrogens is 256 g/mol. The first kappa shape index (κ1) is 14.2. The third-order valence-electron chi connectivity index (χ3n) is 2.69. The number of anilines is 1. The molecule has 0 spiro atoms. The summed E-state index contributed by atoms with van der Waals surface area (Å²) in [5.74, 6) is 0.692. The van der Waals surface area contributed by atoms with Crippen LogP contribution >= 0.6 is 0 Å². The van der Waals surface area contributed by atoms with E-state index in [1.807, 2.05) is 24.3 Å². The van der Waals surface area contributed by atoms with Crippen molar-refractivity contribution in [1.82, 2.24) is 15.3 Å². The van der Waals surface area contributed by atoms with Crippen LogP contribution in [0.15, 0.2) is 36.7 Å². The van der Waals surface area contributed by atoms with Crippen LogP contribution in [0.25, 0.3) is 11.4 Å². The summed E-state index contributed by atoms with van der Waals surface area (Å²) in [6.07, 6.45) is 3.46. The van der Waals surface area contributed by atoms with E-state index in [1.54, 1.807) is 19.5 Å². The summed E-state index contributed by atoms with van der Waals surface area (Å²) in [6, 6.07) is 7.54. The highest BCUT2D eigenvalue weighted by atomic mass is 16.5. The summed E-state index contributed by atoms with van der Waals surface area (Å²) >= 11 is 0. The Balaban J connectivity index is 1.90. The maximum absolute atomic E-state index is 11.7. The van der Waals surface area contributed by atoms with Crippen LogP contribution in [-0.2, 0) is 9.53 Å². The summed E-state index contributed by atoms with van der Waals surface area (Å²) in [5.41, 5.74) is 1.68. The van der Waals surface area contributed by atoms with Gasteiger partial charge in [-0.15, -0.1) is 0 Å². The number of nitrogens with zero attached hydrogens (tertiary/aromatic N) is 1. The predicted octanol–water partition coefficient (Wildman–Crippen LogP) is 1.25. The Morgan fingerprint density at radius 3 is 3.10 bits per heavy atom. The molecule has 0 bridgehead atoms. The second kappa shape index (κ2) is 7.42. The van der Waals surface area contributed by atoms with Crippen molar-refractivity contribution >= 4 is 11.6 Å². The number of hydrogen-bond donors (Lipinski definition) is 3. The number of aromatic amines is 1. The van der Waals surface area contributed by atoms with Crippen LogP contribution in [0, 0.1) is 0 Å². The molecule has 1 aromatic carbocycles. The van der Waals surface area contributed by atoms with Crippen molar-refractivity contribution in [2.45, 2.75) is 0 Å². The molecule has 0 saturated heterocycles. The Bertz CT molecular complexity index is 540. The van der Waals surface area contributed by atoms with Gasteiger partial charge in [0.2, 0.25) is 5.91 Å². The first-order valence-corrected chi connectivity index (χ1v) is 6.39. The second-order valence-electron chi connectivity index (χ2n) is 4.24. The van der Waals surface area contributed by atoms with Gasteiger partial charge in [-0.05, 0) is 12.1 Å². The van der Waals surface area contributed by atoms with Crippen LogP contribution in [0.1, 0.15) is 0 Å². The largest absolute Gasteiger partial charge is 0.383 e. The van der Waals surface area contributed by atoms with E-state index >= 15 is 0 Å². The zero-order valence-corrected chi connectivity index (χ0v) is 11.3. The molecule has 0 aliphatic heterocycles. The Hall–Kier alpha value is -2.18. The molecule has 0 unspecified atom stereocenters. The van der Waals surface area contributed by atoms with Crippen molar-refractivity contribution in [2.75, 3.05) is 32.1 Å². The normalized spacial score (nSPS) is 10.4. The van der Waals surface area contributed by atoms with Crippen LogP contribution in [0.4, 0.5) is 5.69 Å². The highest BCUT2D eigenvalue weighted by molar-refractivity contribution is 5.92. The fourth-order valence-electron chi connectivity index (χ4n) is 1.75. The van der Waals surface area contributed by atoms with Gasteiger partial charge in [-0.3, -0.25) is 4.79 Å². The lowest BCUT2D eigenvalue weighted by Gasteiger charge is -2.07. The number of aromatic nitrogens is 2. The van der Waals surface area contributed by atoms with E-state index in [4.69, 9.17) is 4.74 Å². The van der Waals surface area contributed by atoms with Crippen LogP contribution < -0.4 is 10.6 Å².